The second-order valence-corrected chi connectivity index (χ2v) is 4.54. The Morgan fingerprint density at radius 2 is 2.25 bits per heavy atom. The Morgan fingerprint density at radius 3 is 2.58 bits per heavy atom. The summed E-state index contributed by atoms with van der Waals surface area (Å²) in [7, 11) is 2.03. The number of hydrogen-bond acceptors (Lipinski definition) is 1. The van der Waals surface area contributed by atoms with Gasteiger partial charge >= 0.3 is 0 Å². The summed E-state index contributed by atoms with van der Waals surface area (Å²) >= 11 is 0. The standard InChI is InChI=1S/C11H21N/c1-5-10(12-4)9-7-6-8-11(9,2)3/h5,9-10,12H,1,6-8H2,2-4H3. The summed E-state index contributed by atoms with van der Waals surface area (Å²) in [6.07, 6.45) is 6.15. The first-order chi connectivity index (χ1) is 5.61. The minimum atomic E-state index is 0.502. The molecule has 1 N–H and O–H groups in total. The first-order valence-corrected chi connectivity index (χ1v) is 4.91. The molecule has 0 saturated heterocycles. The van der Waals surface area contributed by atoms with Gasteiger partial charge in [-0.15, -0.1) is 6.58 Å². The van der Waals surface area contributed by atoms with Gasteiger partial charge in [0.2, 0.25) is 0 Å². The molecule has 1 rings (SSSR count). The summed E-state index contributed by atoms with van der Waals surface area (Å²) < 4.78 is 0. The summed E-state index contributed by atoms with van der Waals surface area (Å²) in [5, 5.41) is 3.33. The van der Waals surface area contributed by atoms with E-state index in [0.29, 0.717) is 11.5 Å². The molecule has 1 aliphatic rings. The lowest BCUT2D eigenvalue weighted by atomic mass is 9.77. The van der Waals surface area contributed by atoms with Crippen molar-refractivity contribution in [1.29, 1.82) is 0 Å². The number of hydrogen-bond donors (Lipinski definition) is 1. The molecule has 2 atom stereocenters. The van der Waals surface area contributed by atoms with Crippen LogP contribution in [0.2, 0.25) is 0 Å². The van der Waals surface area contributed by atoms with Gasteiger partial charge in [0.1, 0.15) is 0 Å². The van der Waals surface area contributed by atoms with Gasteiger partial charge in [0.15, 0.2) is 0 Å². The number of rotatable bonds is 3. The highest BCUT2D eigenvalue weighted by atomic mass is 14.9. The van der Waals surface area contributed by atoms with E-state index < -0.39 is 0 Å². The van der Waals surface area contributed by atoms with E-state index in [0.717, 1.165) is 5.92 Å². The highest BCUT2D eigenvalue weighted by molar-refractivity contribution is 4.99. The molecule has 1 saturated carbocycles. The molecule has 0 aromatic rings. The van der Waals surface area contributed by atoms with Crippen LogP contribution in [-0.2, 0) is 0 Å². The van der Waals surface area contributed by atoms with Crippen LogP contribution in [0.5, 0.6) is 0 Å². The molecular weight excluding hydrogens is 146 g/mol. The van der Waals surface area contributed by atoms with Gasteiger partial charge in [-0.3, -0.25) is 0 Å². The van der Waals surface area contributed by atoms with Gasteiger partial charge in [0.25, 0.3) is 0 Å². The smallest absolute Gasteiger partial charge is 0.0278 e. The van der Waals surface area contributed by atoms with E-state index in [1.54, 1.807) is 0 Å². The fourth-order valence-electron chi connectivity index (χ4n) is 2.50. The van der Waals surface area contributed by atoms with E-state index in [2.05, 4.69) is 31.8 Å². The molecule has 1 aliphatic carbocycles. The maximum Gasteiger partial charge on any atom is 0.0278 e. The van der Waals surface area contributed by atoms with Crippen LogP contribution in [0.4, 0.5) is 0 Å². The molecule has 2 unspecified atom stereocenters. The maximum absolute atomic E-state index is 3.88. The van der Waals surface area contributed by atoms with Gasteiger partial charge in [-0.2, -0.15) is 0 Å². The second-order valence-electron chi connectivity index (χ2n) is 4.54. The van der Waals surface area contributed by atoms with Crippen molar-refractivity contribution in [2.45, 2.75) is 39.2 Å². The molecule has 1 nitrogen and oxygen atoms in total. The fourth-order valence-corrected chi connectivity index (χ4v) is 2.50. The van der Waals surface area contributed by atoms with Crippen LogP contribution in [0.15, 0.2) is 12.7 Å². The average molecular weight is 167 g/mol. The van der Waals surface area contributed by atoms with Crippen LogP contribution >= 0.6 is 0 Å². The molecule has 0 aliphatic heterocycles. The predicted molar refractivity (Wildman–Crippen MR) is 54.2 cm³/mol. The van der Waals surface area contributed by atoms with Gasteiger partial charge in [0.05, 0.1) is 0 Å². The zero-order valence-electron chi connectivity index (χ0n) is 8.56. The van der Waals surface area contributed by atoms with Crippen LogP contribution in [-0.4, -0.2) is 13.1 Å². The van der Waals surface area contributed by atoms with Crippen molar-refractivity contribution in [2.75, 3.05) is 7.05 Å². The van der Waals surface area contributed by atoms with Crippen LogP contribution < -0.4 is 5.32 Å². The molecule has 12 heavy (non-hydrogen) atoms. The average Bonchev–Trinajstić information content (AvgIpc) is 2.34. The van der Waals surface area contributed by atoms with Gasteiger partial charge < -0.3 is 5.32 Å². The lowest BCUT2D eigenvalue weighted by Crippen LogP contribution is -2.37. The maximum atomic E-state index is 3.88. The Kier molecular flexibility index (Phi) is 2.94. The van der Waals surface area contributed by atoms with Crippen molar-refractivity contribution in [2.24, 2.45) is 11.3 Å². The van der Waals surface area contributed by atoms with Gasteiger partial charge in [-0.1, -0.05) is 26.3 Å². The van der Waals surface area contributed by atoms with Gasteiger partial charge in [-0.25, -0.2) is 0 Å². The minimum absolute atomic E-state index is 0.502. The first kappa shape index (κ1) is 9.79. The second kappa shape index (κ2) is 3.61. The molecule has 1 fully saturated rings. The minimum Gasteiger partial charge on any atom is -0.313 e. The van der Waals surface area contributed by atoms with Gasteiger partial charge in [0, 0.05) is 6.04 Å². The third kappa shape index (κ3) is 1.71. The lowest BCUT2D eigenvalue weighted by molar-refractivity contribution is 0.225. The Morgan fingerprint density at radius 1 is 1.58 bits per heavy atom. The van der Waals surface area contributed by atoms with Crippen LogP contribution in [0.1, 0.15) is 33.1 Å². The Labute approximate surface area is 76.2 Å². The molecule has 0 aromatic heterocycles. The zero-order valence-corrected chi connectivity index (χ0v) is 8.56. The van der Waals surface area contributed by atoms with E-state index in [1.807, 2.05) is 7.05 Å². The summed E-state index contributed by atoms with van der Waals surface area (Å²) in [6, 6.07) is 0.502. The first-order valence-electron chi connectivity index (χ1n) is 4.91. The van der Waals surface area contributed by atoms with Crippen molar-refractivity contribution >= 4 is 0 Å². The lowest BCUT2D eigenvalue weighted by Gasteiger charge is -2.32. The monoisotopic (exact) mass is 167 g/mol. The molecule has 0 spiro atoms. The quantitative estimate of drug-likeness (QED) is 0.637. The molecule has 70 valence electrons. The largest absolute Gasteiger partial charge is 0.313 e. The van der Waals surface area contributed by atoms with E-state index in [-0.39, 0.29) is 0 Å². The van der Waals surface area contributed by atoms with Gasteiger partial charge in [-0.05, 0) is 31.2 Å². The molecule has 0 bridgehead atoms. The molecule has 0 amide bonds. The number of nitrogens with one attached hydrogen (secondary N) is 1. The molecule has 0 radical (unpaired) electrons. The highest BCUT2D eigenvalue weighted by Crippen LogP contribution is 2.44. The molecule has 0 heterocycles. The predicted octanol–water partition coefficient (Wildman–Crippen LogP) is 2.59. The number of likely N-dealkylation sites (N-methyl/N-ethyl adjacent to an activating group) is 1. The third-order valence-corrected chi connectivity index (χ3v) is 3.36. The van der Waals surface area contributed by atoms with Crippen molar-refractivity contribution in [1.82, 2.24) is 5.32 Å². The van der Waals surface area contributed by atoms with Crippen LogP contribution in [0, 0.1) is 11.3 Å². The normalized spacial score (nSPS) is 30.1. The van der Waals surface area contributed by atoms with E-state index in [4.69, 9.17) is 0 Å². The van der Waals surface area contributed by atoms with Crippen molar-refractivity contribution < 1.29 is 0 Å². The SMILES string of the molecule is C=CC(NC)C1CCCC1(C)C. The summed E-state index contributed by atoms with van der Waals surface area (Å²) in [6.45, 7) is 8.63. The Balaban J connectivity index is 2.66. The van der Waals surface area contributed by atoms with Crippen molar-refractivity contribution in [3.8, 4) is 0 Å². The van der Waals surface area contributed by atoms with E-state index >= 15 is 0 Å². The topological polar surface area (TPSA) is 12.0 Å². The summed E-state index contributed by atoms with van der Waals surface area (Å²) in [5.74, 6) is 0.778. The molecule has 0 aromatic carbocycles. The zero-order chi connectivity index (χ0) is 9.19. The van der Waals surface area contributed by atoms with Crippen LogP contribution in [0.3, 0.4) is 0 Å². The molecular formula is C11H21N. The summed E-state index contributed by atoms with van der Waals surface area (Å²) in [5.41, 5.74) is 0.502. The third-order valence-electron chi connectivity index (χ3n) is 3.36. The highest BCUT2D eigenvalue weighted by Gasteiger charge is 2.37. The fraction of sp³-hybridized carbons (Fsp3) is 0.818. The Bertz CT molecular complexity index is 160. The van der Waals surface area contributed by atoms with Crippen molar-refractivity contribution in [3.63, 3.8) is 0 Å². The van der Waals surface area contributed by atoms with E-state index in [9.17, 15) is 0 Å². The Hall–Kier alpha value is -0.300. The van der Waals surface area contributed by atoms with Crippen molar-refractivity contribution in [3.05, 3.63) is 12.7 Å². The van der Waals surface area contributed by atoms with Crippen LogP contribution in [0.25, 0.3) is 0 Å². The van der Waals surface area contributed by atoms with E-state index in [1.165, 1.54) is 19.3 Å². The molecule has 1 heteroatoms. The summed E-state index contributed by atoms with van der Waals surface area (Å²) in [4.78, 5) is 0.